The first kappa shape index (κ1) is 17.4. The Hall–Kier alpha value is -1.96. The van der Waals surface area contributed by atoms with Crippen molar-refractivity contribution in [1.82, 2.24) is 4.72 Å². The van der Waals surface area contributed by atoms with Crippen molar-refractivity contribution in [2.45, 2.75) is 10.9 Å². The van der Waals surface area contributed by atoms with Crippen LogP contribution in [0.1, 0.15) is 11.6 Å². The van der Waals surface area contributed by atoms with E-state index >= 15 is 0 Å². The summed E-state index contributed by atoms with van der Waals surface area (Å²) in [4.78, 5) is 11.7. The lowest BCUT2D eigenvalue weighted by Crippen LogP contribution is -2.34. The minimum absolute atomic E-state index is 0.256. The zero-order valence-corrected chi connectivity index (χ0v) is 13.6. The highest BCUT2D eigenvalue weighted by atomic mass is 35.5. The summed E-state index contributed by atoms with van der Waals surface area (Å²) in [6.07, 6.45) is 0. The van der Waals surface area contributed by atoms with Crippen molar-refractivity contribution in [1.29, 1.82) is 0 Å². The van der Waals surface area contributed by atoms with Crippen LogP contribution in [-0.4, -0.2) is 21.5 Å². The Morgan fingerprint density at radius 3 is 2.43 bits per heavy atom. The number of hydrogen-bond acceptors (Lipinski definition) is 4. The summed E-state index contributed by atoms with van der Waals surface area (Å²) in [6.45, 7) is 0. The highest BCUT2D eigenvalue weighted by Crippen LogP contribution is 2.22. The van der Waals surface area contributed by atoms with Crippen molar-refractivity contribution in [2.24, 2.45) is 0 Å². The molecular formula is C15H13ClFNO4S. The first-order valence-electron chi connectivity index (χ1n) is 6.45. The van der Waals surface area contributed by atoms with Crippen LogP contribution in [0.15, 0.2) is 53.4 Å². The number of rotatable bonds is 5. The fourth-order valence-corrected chi connectivity index (χ4v) is 3.33. The van der Waals surface area contributed by atoms with Gasteiger partial charge in [-0.3, -0.25) is 0 Å². The Morgan fingerprint density at radius 2 is 1.87 bits per heavy atom. The molecule has 0 aliphatic heterocycles. The molecule has 23 heavy (non-hydrogen) atoms. The molecule has 2 aromatic carbocycles. The zero-order chi connectivity index (χ0) is 17.0. The van der Waals surface area contributed by atoms with Crippen molar-refractivity contribution in [2.75, 3.05) is 7.11 Å². The first-order chi connectivity index (χ1) is 10.8. The van der Waals surface area contributed by atoms with E-state index in [4.69, 9.17) is 11.6 Å². The Morgan fingerprint density at radius 1 is 1.22 bits per heavy atom. The maximum Gasteiger partial charge on any atom is 0.328 e. The number of nitrogens with one attached hydrogen (secondary N) is 1. The highest BCUT2D eigenvalue weighted by Gasteiger charge is 2.28. The van der Waals surface area contributed by atoms with E-state index in [2.05, 4.69) is 9.46 Å². The molecule has 2 rings (SSSR count). The molecule has 0 fully saturated rings. The van der Waals surface area contributed by atoms with Crippen LogP contribution in [-0.2, 0) is 19.6 Å². The molecule has 0 saturated carbocycles. The smallest absolute Gasteiger partial charge is 0.328 e. The Bertz CT molecular complexity index is 811. The molecule has 2 aromatic rings. The predicted molar refractivity (Wildman–Crippen MR) is 82.9 cm³/mol. The largest absolute Gasteiger partial charge is 0.468 e. The molecule has 0 amide bonds. The van der Waals surface area contributed by atoms with E-state index in [0.717, 1.165) is 25.3 Å². The molecule has 8 heteroatoms. The molecule has 0 bridgehead atoms. The van der Waals surface area contributed by atoms with Crippen LogP contribution in [0.2, 0.25) is 5.02 Å². The van der Waals surface area contributed by atoms with E-state index < -0.39 is 27.9 Å². The normalized spacial score (nSPS) is 12.7. The highest BCUT2D eigenvalue weighted by molar-refractivity contribution is 7.89. The third kappa shape index (κ3) is 4.07. The van der Waals surface area contributed by atoms with E-state index in [1.807, 2.05) is 0 Å². The van der Waals surface area contributed by atoms with E-state index in [1.54, 1.807) is 30.3 Å². The van der Waals surface area contributed by atoms with Crippen molar-refractivity contribution in [3.8, 4) is 0 Å². The van der Waals surface area contributed by atoms with E-state index in [1.165, 1.54) is 0 Å². The molecule has 5 nitrogen and oxygen atoms in total. The minimum Gasteiger partial charge on any atom is -0.468 e. The molecule has 122 valence electrons. The van der Waals surface area contributed by atoms with Crippen LogP contribution in [0, 0.1) is 5.82 Å². The van der Waals surface area contributed by atoms with Gasteiger partial charge in [0.2, 0.25) is 10.0 Å². The van der Waals surface area contributed by atoms with Gasteiger partial charge in [-0.25, -0.2) is 17.6 Å². The van der Waals surface area contributed by atoms with Crippen LogP contribution in [0.5, 0.6) is 0 Å². The average molecular weight is 358 g/mol. The number of ether oxygens (including phenoxy) is 1. The van der Waals surface area contributed by atoms with Gasteiger partial charge in [-0.1, -0.05) is 41.9 Å². The number of esters is 1. The molecule has 0 aliphatic carbocycles. The second kappa shape index (κ2) is 7.08. The summed E-state index contributed by atoms with van der Waals surface area (Å²) in [6, 6.07) is 9.96. The Balaban J connectivity index is 2.38. The fraction of sp³-hybridized carbons (Fsp3) is 0.133. The van der Waals surface area contributed by atoms with Crippen LogP contribution < -0.4 is 4.72 Å². The maximum absolute atomic E-state index is 13.2. The van der Waals surface area contributed by atoms with Crippen molar-refractivity contribution < 1.29 is 22.3 Å². The first-order valence-corrected chi connectivity index (χ1v) is 8.31. The van der Waals surface area contributed by atoms with Gasteiger partial charge in [0.1, 0.15) is 11.9 Å². The SMILES string of the molecule is COC(=O)C(NS(=O)(=O)c1ccc(F)c(Cl)c1)c1ccccc1. The molecule has 0 aliphatic rings. The predicted octanol–water partition coefficient (Wildman–Crippen LogP) is 2.67. The molecule has 0 heterocycles. The number of benzene rings is 2. The number of methoxy groups -OCH3 is 1. The lowest BCUT2D eigenvalue weighted by Gasteiger charge is -2.17. The van der Waals surface area contributed by atoms with Gasteiger partial charge in [0.05, 0.1) is 17.0 Å². The van der Waals surface area contributed by atoms with Crippen LogP contribution >= 0.6 is 11.6 Å². The topological polar surface area (TPSA) is 72.5 Å². The summed E-state index contributed by atoms with van der Waals surface area (Å²) in [5, 5.41) is -0.331. The minimum atomic E-state index is -4.10. The van der Waals surface area contributed by atoms with Gasteiger partial charge < -0.3 is 4.74 Å². The van der Waals surface area contributed by atoms with Crippen LogP contribution in [0.3, 0.4) is 0 Å². The molecule has 0 saturated heterocycles. The number of halogens is 2. The molecular weight excluding hydrogens is 345 g/mol. The van der Waals surface area contributed by atoms with Gasteiger partial charge in [0.15, 0.2) is 0 Å². The molecule has 1 N–H and O–H groups in total. The number of sulfonamides is 1. The molecule has 0 radical (unpaired) electrons. The number of carbonyl (C=O) groups is 1. The number of hydrogen-bond donors (Lipinski definition) is 1. The van der Waals surface area contributed by atoms with Gasteiger partial charge >= 0.3 is 5.97 Å². The monoisotopic (exact) mass is 357 g/mol. The fourth-order valence-electron chi connectivity index (χ4n) is 1.88. The van der Waals surface area contributed by atoms with Crippen LogP contribution in [0.25, 0.3) is 0 Å². The van der Waals surface area contributed by atoms with Gasteiger partial charge in [0, 0.05) is 0 Å². The second-order valence-corrected chi connectivity index (χ2v) is 6.69. The standard InChI is InChI=1S/C15H13ClFNO4S/c1-22-15(19)14(10-5-3-2-4-6-10)18-23(20,21)11-7-8-13(17)12(16)9-11/h2-9,14,18H,1H3. The third-order valence-electron chi connectivity index (χ3n) is 3.04. The van der Waals surface area contributed by atoms with Gasteiger partial charge in [-0.15, -0.1) is 0 Å². The zero-order valence-electron chi connectivity index (χ0n) is 12.0. The van der Waals surface area contributed by atoms with Crippen molar-refractivity contribution in [3.63, 3.8) is 0 Å². The maximum atomic E-state index is 13.2. The van der Waals surface area contributed by atoms with E-state index in [0.29, 0.717) is 5.56 Å². The van der Waals surface area contributed by atoms with Crippen molar-refractivity contribution in [3.05, 3.63) is 64.9 Å². The summed E-state index contributed by atoms with van der Waals surface area (Å²) in [5.74, 6) is -1.51. The Labute approximate surface area is 138 Å². The molecule has 0 aromatic heterocycles. The van der Waals surface area contributed by atoms with E-state index in [-0.39, 0.29) is 9.92 Å². The summed E-state index contributed by atoms with van der Waals surface area (Å²) < 4.78 is 44.9. The summed E-state index contributed by atoms with van der Waals surface area (Å²) >= 11 is 5.60. The lowest BCUT2D eigenvalue weighted by molar-refractivity contribution is -0.142. The summed E-state index contributed by atoms with van der Waals surface area (Å²) in [5.41, 5.74) is 0.413. The van der Waals surface area contributed by atoms with E-state index in [9.17, 15) is 17.6 Å². The van der Waals surface area contributed by atoms with Crippen LogP contribution in [0.4, 0.5) is 4.39 Å². The number of carbonyl (C=O) groups excluding carboxylic acids is 1. The average Bonchev–Trinajstić information content (AvgIpc) is 2.55. The quantitative estimate of drug-likeness (QED) is 0.835. The Kier molecular flexibility index (Phi) is 5.35. The molecule has 1 unspecified atom stereocenters. The van der Waals surface area contributed by atoms with Gasteiger partial charge in [-0.2, -0.15) is 4.72 Å². The van der Waals surface area contributed by atoms with Gasteiger partial charge in [0.25, 0.3) is 0 Å². The second-order valence-electron chi connectivity index (χ2n) is 4.56. The lowest BCUT2D eigenvalue weighted by atomic mass is 10.1. The third-order valence-corrected chi connectivity index (χ3v) is 4.75. The summed E-state index contributed by atoms with van der Waals surface area (Å²) in [7, 11) is -2.95. The molecule has 1 atom stereocenters. The van der Waals surface area contributed by atoms with Gasteiger partial charge in [-0.05, 0) is 23.8 Å². The molecule has 0 spiro atoms. The van der Waals surface area contributed by atoms with Crippen molar-refractivity contribution >= 4 is 27.6 Å².